The summed E-state index contributed by atoms with van der Waals surface area (Å²) in [4.78, 5) is 0. The molecule has 0 aromatic carbocycles. The normalized spacial score (nSPS) is 25.4. The van der Waals surface area contributed by atoms with Gasteiger partial charge < -0.3 is 10.1 Å². The van der Waals surface area contributed by atoms with E-state index in [-0.39, 0.29) is 0 Å². The predicted molar refractivity (Wildman–Crippen MR) is 63.0 cm³/mol. The maximum absolute atomic E-state index is 5.38. The molecule has 0 bridgehead atoms. The molecule has 1 N–H and O–H groups in total. The smallest absolute Gasteiger partial charge is 0.0468 e. The van der Waals surface area contributed by atoms with E-state index in [0.29, 0.717) is 6.04 Å². The molecule has 0 aromatic rings. The van der Waals surface area contributed by atoms with Gasteiger partial charge in [-0.15, -0.1) is 0 Å². The first-order valence-electron chi connectivity index (χ1n) is 6.65. The first-order valence-corrected chi connectivity index (χ1v) is 6.65. The molecule has 0 spiro atoms. The number of nitrogens with one attached hydrogen (secondary N) is 1. The van der Waals surface area contributed by atoms with Crippen LogP contribution < -0.4 is 5.32 Å². The fraction of sp³-hybridized carbons (Fsp3) is 1.00. The summed E-state index contributed by atoms with van der Waals surface area (Å²) in [5, 5.41) is 3.66. The molecule has 0 amide bonds. The monoisotopic (exact) mass is 211 g/mol. The highest BCUT2D eigenvalue weighted by molar-refractivity contribution is 4.75. The van der Waals surface area contributed by atoms with Gasteiger partial charge in [0.2, 0.25) is 0 Å². The minimum Gasteiger partial charge on any atom is -0.381 e. The predicted octanol–water partition coefficient (Wildman–Crippen LogP) is 2.58. The Morgan fingerprint density at radius 3 is 2.53 bits per heavy atom. The molecule has 0 aromatic heterocycles. The molecule has 0 radical (unpaired) electrons. The summed E-state index contributed by atoms with van der Waals surface area (Å²) in [6, 6.07) is 0.701. The van der Waals surface area contributed by atoms with Crippen molar-refractivity contribution in [3.63, 3.8) is 0 Å². The highest BCUT2D eigenvalue weighted by Gasteiger charge is 2.21. The SMILES string of the molecule is CC(CC1CCOCC1)NCCC1CC1. The molecule has 1 aliphatic carbocycles. The summed E-state index contributed by atoms with van der Waals surface area (Å²) in [5.74, 6) is 1.97. The Balaban J connectivity index is 1.51. The van der Waals surface area contributed by atoms with Crippen molar-refractivity contribution in [2.24, 2.45) is 11.8 Å². The highest BCUT2D eigenvalue weighted by Crippen LogP contribution is 2.31. The summed E-state index contributed by atoms with van der Waals surface area (Å²) in [7, 11) is 0. The van der Waals surface area contributed by atoms with E-state index in [1.807, 2.05) is 0 Å². The Hall–Kier alpha value is -0.0800. The summed E-state index contributed by atoms with van der Waals surface area (Å²) >= 11 is 0. The molecular weight excluding hydrogens is 186 g/mol. The largest absolute Gasteiger partial charge is 0.381 e. The van der Waals surface area contributed by atoms with Gasteiger partial charge in [0.25, 0.3) is 0 Å². The quantitative estimate of drug-likeness (QED) is 0.729. The van der Waals surface area contributed by atoms with E-state index in [0.717, 1.165) is 25.0 Å². The molecule has 1 atom stereocenters. The minimum absolute atomic E-state index is 0.701. The van der Waals surface area contributed by atoms with Gasteiger partial charge in [-0.3, -0.25) is 0 Å². The van der Waals surface area contributed by atoms with Crippen LogP contribution in [0.15, 0.2) is 0 Å². The van der Waals surface area contributed by atoms with Gasteiger partial charge in [-0.2, -0.15) is 0 Å². The van der Waals surface area contributed by atoms with Crippen LogP contribution in [0.25, 0.3) is 0 Å². The van der Waals surface area contributed by atoms with E-state index in [1.54, 1.807) is 0 Å². The van der Waals surface area contributed by atoms with Crippen molar-refractivity contribution >= 4 is 0 Å². The molecule has 1 unspecified atom stereocenters. The molecule has 2 fully saturated rings. The topological polar surface area (TPSA) is 21.3 Å². The molecule has 2 aliphatic rings. The van der Waals surface area contributed by atoms with Crippen molar-refractivity contribution in [3.8, 4) is 0 Å². The lowest BCUT2D eigenvalue weighted by molar-refractivity contribution is 0.0612. The molecule has 88 valence electrons. The van der Waals surface area contributed by atoms with Gasteiger partial charge in [0.1, 0.15) is 0 Å². The standard InChI is InChI=1S/C13H25NO/c1-11(14-7-4-12-2-3-12)10-13-5-8-15-9-6-13/h11-14H,2-10H2,1H3. The van der Waals surface area contributed by atoms with Crippen molar-refractivity contribution in [1.82, 2.24) is 5.32 Å². The third kappa shape index (κ3) is 4.52. The molecular formula is C13H25NO. The zero-order valence-electron chi connectivity index (χ0n) is 10.0. The van der Waals surface area contributed by atoms with Crippen molar-refractivity contribution in [1.29, 1.82) is 0 Å². The zero-order valence-corrected chi connectivity index (χ0v) is 10.0. The van der Waals surface area contributed by atoms with Crippen LogP contribution in [0.4, 0.5) is 0 Å². The molecule has 15 heavy (non-hydrogen) atoms. The third-order valence-electron chi connectivity index (χ3n) is 3.77. The van der Waals surface area contributed by atoms with Gasteiger partial charge in [0.05, 0.1) is 0 Å². The Bertz CT molecular complexity index is 173. The van der Waals surface area contributed by atoms with E-state index in [9.17, 15) is 0 Å². The van der Waals surface area contributed by atoms with Gasteiger partial charge in [0.15, 0.2) is 0 Å². The Labute approximate surface area is 93.8 Å². The van der Waals surface area contributed by atoms with E-state index in [1.165, 1.54) is 45.1 Å². The summed E-state index contributed by atoms with van der Waals surface area (Å²) in [5.41, 5.74) is 0. The second-order valence-corrected chi connectivity index (χ2v) is 5.38. The van der Waals surface area contributed by atoms with Gasteiger partial charge >= 0.3 is 0 Å². The number of hydrogen-bond acceptors (Lipinski definition) is 2. The maximum Gasteiger partial charge on any atom is 0.0468 e. The van der Waals surface area contributed by atoms with E-state index >= 15 is 0 Å². The summed E-state index contributed by atoms with van der Waals surface area (Å²) in [6.07, 6.45) is 8.25. The molecule has 1 heterocycles. The lowest BCUT2D eigenvalue weighted by atomic mass is 9.93. The zero-order chi connectivity index (χ0) is 10.5. The minimum atomic E-state index is 0.701. The number of hydrogen-bond donors (Lipinski definition) is 1. The van der Waals surface area contributed by atoms with Crippen LogP contribution in [-0.2, 0) is 4.74 Å². The van der Waals surface area contributed by atoms with Gasteiger partial charge in [-0.05, 0) is 51.0 Å². The van der Waals surface area contributed by atoms with Crippen molar-refractivity contribution in [2.45, 2.75) is 51.5 Å². The second-order valence-electron chi connectivity index (χ2n) is 5.38. The third-order valence-corrected chi connectivity index (χ3v) is 3.77. The molecule has 2 heteroatoms. The first-order chi connectivity index (χ1) is 7.34. The average Bonchev–Trinajstić information content (AvgIpc) is 3.03. The van der Waals surface area contributed by atoms with Gasteiger partial charge in [0, 0.05) is 19.3 Å². The van der Waals surface area contributed by atoms with E-state index < -0.39 is 0 Å². The summed E-state index contributed by atoms with van der Waals surface area (Å²) in [6.45, 7) is 5.54. The van der Waals surface area contributed by atoms with Gasteiger partial charge in [-0.1, -0.05) is 12.8 Å². The van der Waals surface area contributed by atoms with Gasteiger partial charge in [-0.25, -0.2) is 0 Å². The van der Waals surface area contributed by atoms with Crippen molar-refractivity contribution < 1.29 is 4.74 Å². The Morgan fingerprint density at radius 2 is 1.87 bits per heavy atom. The lowest BCUT2D eigenvalue weighted by Crippen LogP contribution is -2.31. The highest BCUT2D eigenvalue weighted by atomic mass is 16.5. The van der Waals surface area contributed by atoms with Crippen LogP contribution in [-0.4, -0.2) is 25.8 Å². The average molecular weight is 211 g/mol. The van der Waals surface area contributed by atoms with E-state index in [4.69, 9.17) is 4.74 Å². The fourth-order valence-corrected chi connectivity index (χ4v) is 2.51. The Kier molecular flexibility index (Phi) is 4.45. The Morgan fingerprint density at radius 1 is 1.13 bits per heavy atom. The molecule has 1 saturated heterocycles. The number of ether oxygens (including phenoxy) is 1. The molecule has 1 saturated carbocycles. The van der Waals surface area contributed by atoms with Crippen LogP contribution in [0.5, 0.6) is 0 Å². The first kappa shape index (κ1) is 11.4. The molecule has 2 nitrogen and oxygen atoms in total. The van der Waals surface area contributed by atoms with Crippen molar-refractivity contribution in [3.05, 3.63) is 0 Å². The summed E-state index contributed by atoms with van der Waals surface area (Å²) < 4.78 is 5.38. The number of rotatable bonds is 6. The lowest BCUT2D eigenvalue weighted by Gasteiger charge is -2.25. The van der Waals surface area contributed by atoms with Crippen LogP contribution in [0, 0.1) is 11.8 Å². The van der Waals surface area contributed by atoms with Crippen LogP contribution in [0.1, 0.15) is 45.4 Å². The van der Waals surface area contributed by atoms with E-state index in [2.05, 4.69) is 12.2 Å². The van der Waals surface area contributed by atoms with Crippen LogP contribution in [0.3, 0.4) is 0 Å². The van der Waals surface area contributed by atoms with Crippen LogP contribution in [0.2, 0.25) is 0 Å². The molecule has 2 rings (SSSR count). The fourth-order valence-electron chi connectivity index (χ4n) is 2.51. The van der Waals surface area contributed by atoms with Crippen LogP contribution >= 0.6 is 0 Å². The molecule has 1 aliphatic heterocycles. The maximum atomic E-state index is 5.38. The van der Waals surface area contributed by atoms with Crippen molar-refractivity contribution in [2.75, 3.05) is 19.8 Å². The second kappa shape index (κ2) is 5.86.